The van der Waals surface area contributed by atoms with Crippen LogP contribution in [0.2, 0.25) is 0 Å². The second-order valence-corrected chi connectivity index (χ2v) is 6.21. The van der Waals surface area contributed by atoms with Crippen LogP contribution in [0.4, 0.5) is 0 Å². The van der Waals surface area contributed by atoms with Gasteiger partial charge in [-0.1, -0.05) is 96.1 Å². The highest BCUT2D eigenvalue weighted by molar-refractivity contribution is 7.91. The lowest BCUT2D eigenvalue weighted by Crippen LogP contribution is -2.02. The van der Waals surface area contributed by atoms with Crippen LogP contribution in [-0.4, -0.2) is 8.42 Å². The third kappa shape index (κ3) is 5.71. The van der Waals surface area contributed by atoms with Gasteiger partial charge in [0.2, 0.25) is 9.84 Å². The minimum Gasteiger partial charge on any atom is -0.218 e. The maximum atomic E-state index is 12.6. The van der Waals surface area contributed by atoms with Crippen molar-refractivity contribution in [1.82, 2.24) is 0 Å². The highest BCUT2D eigenvalue weighted by atomic mass is 32.2. The van der Waals surface area contributed by atoms with Gasteiger partial charge < -0.3 is 0 Å². The summed E-state index contributed by atoms with van der Waals surface area (Å²) < 4.78 is 25.3. The molecule has 3 rings (SSSR count). The van der Waals surface area contributed by atoms with E-state index >= 15 is 0 Å². The summed E-state index contributed by atoms with van der Waals surface area (Å²) in [6.45, 7) is 12.0. The Balaban J connectivity index is 0.000000871. The highest BCUT2D eigenvalue weighted by Gasteiger charge is 2.19. The number of benzene rings is 3. The summed E-state index contributed by atoms with van der Waals surface area (Å²) in [5.41, 5.74) is 0. The van der Waals surface area contributed by atoms with Crippen molar-refractivity contribution in [2.75, 3.05) is 0 Å². The lowest BCUT2D eigenvalue weighted by atomic mass is 10.1. The first kappa shape index (κ1) is 22.9. The minimum absolute atomic E-state index is 0.325. The lowest BCUT2D eigenvalue weighted by molar-refractivity contribution is 0.597. The summed E-state index contributed by atoms with van der Waals surface area (Å²) in [7, 11) is -3.47. The molecule has 3 aromatic carbocycles. The molecule has 3 aromatic rings. The van der Waals surface area contributed by atoms with Crippen molar-refractivity contribution in [3.8, 4) is 0 Å². The molecule has 3 heteroatoms. The van der Waals surface area contributed by atoms with Crippen molar-refractivity contribution in [3.63, 3.8) is 0 Å². The van der Waals surface area contributed by atoms with Gasteiger partial charge >= 0.3 is 0 Å². The Kier molecular flexibility index (Phi) is 11.2. The summed E-state index contributed by atoms with van der Waals surface area (Å²) in [5, 5.41) is 1.69. The van der Waals surface area contributed by atoms with Crippen LogP contribution in [0.15, 0.2) is 82.6 Å². The van der Waals surface area contributed by atoms with Gasteiger partial charge in [0, 0.05) is 5.39 Å². The zero-order chi connectivity index (χ0) is 19.3. The number of rotatable bonds is 2. The van der Waals surface area contributed by atoms with E-state index < -0.39 is 9.84 Å². The minimum atomic E-state index is -3.47. The fraction of sp³-hybridized carbons (Fsp3) is 0.273. The summed E-state index contributed by atoms with van der Waals surface area (Å²) in [6.07, 6.45) is 0. The van der Waals surface area contributed by atoms with E-state index in [1.54, 1.807) is 36.4 Å². The molecule has 0 N–H and O–H groups in total. The smallest absolute Gasteiger partial charge is 0.207 e. The molecule has 0 heterocycles. The van der Waals surface area contributed by atoms with Crippen molar-refractivity contribution in [3.05, 3.63) is 72.8 Å². The van der Waals surface area contributed by atoms with E-state index in [9.17, 15) is 8.42 Å². The monoisotopic (exact) mass is 358 g/mol. The largest absolute Gasteiger partial charge is 0.218 e. The molecule has 0 aliphatic rings. The second-order valence-electron chi connectivity index (χ2n) is 4.29. The Morgan fingerprint density at radius 2 is 1.04 bits per heavy atom. The van der Waals surface area contributed by atoms with E-state index in [1.165, 1.54) is 0 Å². The van der Waals surface area contributed by atoms with Crippen molar-refractivity contribution < 1.29 is 8.42 Å². The lowest BCUT2D eigenvalue weighted by Gasteiger charge is -2.08. The average molecular weight is 359 g/mol. The van der Waals surface area contributed by atoms with Gasteiger partial charge in [0.1, 0.15) is 0 Å². The first-order valence-electron chi connectivity index (χ1n) is 8.97. The predicted molar refractivity (Wildman–Crippen MR) is 110 cm³/mol. The molecule has 0 saturated carbocycles. The van der Waals surface area contributed by atoms with Gasteiger partial charge in [-0.3, -0.25) is 0 Å². The van der Waals surface area contributed by atoms with Crippen LogP contribution in [-0.2, 0) is 9.84 Å². The van der Waals surface area contributed by atoms with Gasteiger partial charge in [-0.25, -0.2) is 8.42 Å². The van der Waals surface area contributed by atoms with E-state index in [2.05, 4.69) is 0 Å². The zero-order valence-corrected chi connectivity index (χ0v) is 17.0. The molecule has 0 bridgehead atoms. The molecule has 0 atom stereocenters. The summed E-state index contributed by atoms with van der Waals surface area (Å²) in [5.74, 6) is 0. The van der Waals surface area contributed by atoms with Gasteiger partial charge in [0.25, 0.3) is 0 Å². The molecule has 0 radical (unpaired) electrons. The second kappa shape index (κ2) is 12.3. The Morgan fingerprint density at radius 3 is 1.64 bits per heavy atom. The SMILES string of the molecule is CC.CC.CC.O=S(=O)(c1ccccc1)c1cccc2ccccc12. The van der Waals surface area contributed by atoms with Crippen LogP contribution in [0.5, 0.6) is 0 Å². The maximum Gasteiger partial charge on any atom is 0.207 e. The topological polar surface area (TPSA) is 34.1 Å². The molecular formula is C22H30O2S. The van der Waals surface area contributed by atoms with Crippen LogP contribution in [0.25, 0.3) is 10.8 Å². The van der Waals surface area contributed by atoms with Gasteiger partial charge in [-0.2, -0.15) is 0 Å². The molecular weight excluding hydrogens is 328 g/mol. The molecule has 2 nitrogen and oxygen atoms in total. The van der Waals surface area contributed by atoms with E-state index in [1.807, 2.05) is 77.9 Å². The van der Waals surface area contributed by atoms with Crippen LogP contribution in [0.1, 0.15) is 41.5 Å². The first-order chi connectivity index (χ1) is 12.2. The molecule has 0 amide bonds. The number of hydrogen-bond donors (Lipinski definition) is 0. The Labute approximate surface area is 153 Å². The summed E-state index contributed by atoms with van der Waals surface area (Å²) in [6, 6.07) is 21.4. The molecule has 25 heavy (non-hydrogen) atoms. The predicted octanol–water partition coefficient (Wildman–Crippen LogP) is 6.75. The van der Waals surface area contributed by atoms with E-state index in [4.69, 9.17) is 0 Å². The van der Waals surface area contributed by atoms with Crippen molar-refractivity contribution in [1.29, 1.82) is 0 Å². The molecule has 0 saturated heterocycles. The highest BCUT2D eigenvalue weighted by Crippen LogP contribution is 2.27. The first-order valence-corrected chi connectivity index (χ1v) is 10.5. The van der Waals surface area contributed by atoms with Gasteiger partial charge in [0.15, 0.2) is 0 Å². The van der Waals surface area contributed by atoms with Crippen molar-refractivity contribution in [2.24, 2.45) is 0 Å². The van der Waals surface area contributed by atoms with Crippen LogP contribution >= 0.6 is 0 Å². The maximum absolute atomic E-state index is 12.6. The zero-order valence-electron chi connectivity index (χ0n) is 16.2. The quantitative estimate of drug-likeness (QED) is 0.507. The van der Waals surface area contributed by atoms with E-state index in [0.29, 0.717) is 9.79 Å². The molecule has 0 unspecified atom stereocenters. The molecule has 0 aliphatic heterocycles. The Morgan fingerprint density at radius 1 is 0.560 bits per heavy atom. The Hall–Kier alpha value is -2.13. The number of sulfone groups is 1. The summed E-state index contributed by atoms with van der Waals surface area (Å²) >= 11 is 0. The fourth-order valence-corrected chi connectivity index (χ4v) is 3.66. The van der Waals surface area contributed by atoms with Crippen LogP contribution in [0, 0.1) is 0 Å². The van der Waals surface area contributed by atoms with Gasteiger partial charge in [-0.05, 0) is 23.6 Å². The molecule has 0 aromatic heterocycles. The van der Waals surface area contributed by atoms with Crippen molar-refractivity contribution in [2.45, 2.75) is 51.3 Å². The van der Waals surface area contributed by atoms with Crippen LogP contribution in [0.3, 0.4) is 0 Å². The molecule has 136 valence electrons. The van der Waals surface area contributed by atoms with Gasteiger partial charge in [-0.15, -0.1) is 0 Å². The number of fused-ring (bicyclic) bond motifs is 1. The van der Waals surface area contributed by atoms with E-state index in [-0.39, 0.29) is 0 Å². The van der Waals surface area contributed by atoms with Crippen molar-refractivity contribution >= 4 is 20.6 Å². The van der Waals surface area contributed by atoms with E-state index in [0.717, 1.165) is 10.8 Å². The average Bonchev–Trinajstić information content (AvgIpc) is 2.72. The fourth-order valence-electron chi connectivity index (χ4n) is 2.16. The van der Waals surface area contributed by atoms with Crippen LogP contribution < -0.4 is 0 Å². The Bertz CT molecular complexity index is 818. The standard InChI is InChI=1S/C16H12O2S.3C2H6/c17-19(18,14-9-2-1-3-10-14)16-12-6-8-13-7-4-5-11-15(13)16;3*1-2/h1-12H;3*1-2H3. The molecule has 0 fully saturated rings. The number of hydrogen-bond acceptors (Lipinski definition) is 2. The normalized spacial score (nSPS) is 9.52. The van der Waals surface area contributed by atoms with Gasteiger partial charge in [0.05, 0.1) is 9.79 Å². The molecule has 0 spiro atoms. The molecule has 0 aliphatic carbocycles. The summed E-state index contributed by atoms with van der Waals surface area (Å²) in [4.78, 5) is 0.683. The third-order valence-corrected chi connectivity index (χ3v) is 4.92. The third-order valence-electron chi connectivity index (χ3n) is 3.09.